The van der Waals surface area contributed by atoms with Gasteiger partial charge in [0.05, 0.1) is 5.69 Å². The SMILES string of the molecule is CSc1ncc(/C=C2\C(=O)NC(=O)N(c3ccccc3)C2=O)cn1. The summed E-state index contributed by atoms with van der Waals surface area (Å²) in [6.07, 6.45) is 6.23. The van der Waals surface area contributed by atoms with Crippen molar-refractivity contribution in [1.82, 2.24) is 15.3 Å². The second-order valence-corrected chi connectivity index (χ2v) is 5.57. The molecule has 8 heteroatoms. The predicted molar refractivity (Wildman–Crippen MR) is 89.3 cm³/mol. The molecule has 0 atom stereocenters. The Balaban J connectivity index is 1.97. The highest BCUT2D eigenvalue weighted by atomic mass is 32.2. The normalized spacial score (nSPS) is 16.5. The van der Waals surface area contributed by atoms with Crippen molar-refractivity contribution in [2.45, 2.75) is 5.16 Å². The maximum Gasteiger partial charge on any atom is 0.335 e. The summed E-state index contributed by atoms with van der Waals surface area (Å²) in [4.78, 5) is 45.7. The number of nitrogens with one attached hydrogen (secondary N) is 1. The molecule has 0 aliphatic carbocycles. The fourth-order valence-electron chi connectivity index (χ4n) is 2.14. The van der Waals surface area contributed by atoms with E-state index in [2.05, 4.69) is 15.3 Å². The summed E-state index contributed by atoms with van der Waals surface area (Å²) < 4.78 is 0. The number of nitrogens with zero attached hydrogens (tertiary/aromatic N) is 3. The van der Waals surface area contributed by atoms with E-state index in [1.165, 1.54) is 30.2 Å². The number of rotatable bonds is 3. The zero-order valence-corrected chi connectivity index (χ0v) is 13.4. The third-order valence-corrected chi connectivity index (χ3v) is 3.83. The summed E-state index contributed by atoms with van der Waals surface area (Å²) in [5.41, 5.74) is 0.722. The van der Waals surface area contributed by atoms with Crippen LogP contribution in [0.5, 0.6) is 0 Å². The predicted octanol–water partition coefficient (Wildman–Crippen LogP) is 1.86. The molecule has 1 aliphatic rings. The zero-order valence-electron chi connectivity index (χ0n) is 12.6. The van der Waals surface area contributed by atoms with Gasteiger partial charge in [0.15, 0.2) is 5.16 Å². The van der Waals surface area contributed by atoms with Crippen molar-refractivity contribution < 1.29 is 14.4 Å². The molecule has 0 unspecified atom stereocenters. The number of carbonyl (C=O) groups is 3. The van der Waals surface area contributed by atoms with Crippen LogP contribution >= 0.6 is 11.8 Å². The molecule has 1 N–H and O–H groups in total. The van der Waals surface area contributed by atoms with Crippen LogP contribution in [0.1, 0.15) is 5.56 Å². The number of urea groups is 1. The highest BCUT2D eigenvalue weighted by Crippen LogP contribution is 2.21. The van der Waals surface area contributed by atoms with Gasteiger partial charge in [-0.15, -0.1) is 0 Å². The molecule has 7 nitrogen and oxygen atoms in total. The van der Waals surface area contributed by atoms with Gasteiger partial charge in [-0.25, -0.2) is 19.7 Å². The molecule has 1 aliphatic heterocycles. The molecule has 1 saturated heterocycles. The highest BCUT2D eigenvalue weighted by Gasteiger charge is 2.36. The maximum atomic E-state index is 12.6. The molecular weight excluding hydrogens is 328 g/mol. The zero-order chi connectivity index (χ0) is 17.1. The van der Waals surface area contributed by atoms with E-state index in [0.29, 0.717) is 16.4 Å². The summed E-state index contributed by atoms with van der Waals surface area (Å²) in [6.45, 7) is 0. The molecule has 0 saturated carbocycles. The average molecular weight is 340 g/mol. The molecule has 2 heterocycles. The van der Waals surface area contributed by atoms with Crippen LogP contribution in [-0.2, 0) is 9.59 Å². The standard InChI is InChI=1S/C16H12N4O3S/c1-24-15-17-8-10(9-18-15)7-12-13(21)19-16(23)20(14(12)22)11-5-3-2-4-6-11/h2-9H,1H3,(H,19,21,23)/b12-7+. The number of barbiturate groups is 1. The molecule has 4 amide bonds. The number of amides is 4. The fraction of sp³-hybridized carbons (Fsp3) is 0.0625. The summed E-state index contributed by atoms with van der Waals surface area (Å²) in [5.74, 6) is -1.44. The topological polar surface area (TPSA) is 92.3 Å². The van der Waals surface area contributed by atoms with Crippen molar-refractivity contribution in [2.24, 2.45) is 0 Å². The van der Waals surface area contributed by atoms with Gasteiger partial charge in [0.25, 0.3) is 11.8 Å². The molecule has 2 aromatic rings. The Morgan fingerprint density at radius 3 is 2.38 bits per heavy atom. The third kappa shape index (κ3) is 3.04. The first kappa shape index (κ1) is 15.9. The van der Waals surface area contributed by atoms with Gasteiger partial charge in [0.2, 0.25) is 0 Å². The molecule has 1 aromatic heterocycles. The lowest BCUT2D eigenvalue weighted by atomic mass is 10.1. The molecule has 0 bridgehead atoms. The van der Waals surface area contributed by atoms with Crippen molar-refractivity contribution in [3.63, 3.8) is 0 Å². The highest BCUT2D eigenvalue weighted by molar-refractivity contribution is 7.98. The van der Waals surface area contributed by atoms with Crippen LogP contribution in [0.2, 0.25) is 0 Å². The van der Waals surface area contributed by atoms with Gasteiger partial charge in [0.1, 0.15) is 5.57 Å². The van der Waals surface area contributed by atoms with Crippen LogP contribution in [0.25, 0.3) is 6.08 Å². The lowest BCUT2D eigenvalue weighted by Gasteiger charge is -2.26. The number of imide groups is 2. The lowest BCUT2D eigenvalue weighted by Crippen LogP contribution is -2.54. The van der Waals surface area contributed by atoms with Crippen molar-refractivity contribution in [3.05, 3.63) is 53.9 Å². The van der Waals surface area contributed by atoms with Gasteiger partial charge in [-0.1, -0.05) is 30.0 Å². The second kappa shape index (κ2) is 6.63. The van der Waals surface area contributed by atoms with E-state index in [-0.39, 0.29) is 5.57 Å². The Bertz CT molecular complexity index is 834. The fourth-order valence-corrected chi connectivity index (χ4v) is 2.46. The van der Waals surface area contributed by atoms with Crippen LogP contribution < -0.4 is 10.2 Å². The van der Waals surface area contributed by atoms with Gasteiger partial charge in [-0.2, -0.15) is 0 Å². The monoisotopic (exact) mass is 340 g/mol. The van der Waals surface area contributed by atoms with E-state index in [0.717, 1.165) is 4.90 Å². The van der Waals surface area contributed by atoms with Gasteiger partial charge < -0.3 is 0 Å². The maximum absolute atomic E-state index is 12.6. The summed E-state index contributed by atoms with van der Waals surface area (Å²) in [5, 5.41) is 2.75. The van der Waals surface area contributed by atoms with E-state index in [9.17, 15) is 14.4 Å². The first-order valence-electron chi connectivity index (χ1n) is 6.92. The quantitative estimate of drug-likeness (QED) is 0.397. The van der Waals surface area contributed by atoms with E-state index >= 15 is 0 Å². The molecule has 1 fully saturated rings. The Kier molecular flexibility index (Phi) is 4.39. The Morgan fingerprint density at radius 2 is 1.75 bits per heavy atom. The number of anilines is 1. The van der Waals surface area contributed by atoms with Gasteiger partial charge >= 0.3 is 6.03 Å². The first-order valence-corrected chi connectivity index (χ1v) is 8.15. The Labute approximate surface area is 141 Å². The second-order valence-electron chi connectivity index (χ2n) is 4.80. The lowest BCUT2D eigenvalue weighted by molar-refractivity contribution is -0.122. The van der Waals surface area contributed by atoms with Gasteiger partial charge in [-0.05, 0) is 24.5 Å². The number of carbonyl (C=O) groups excluding carboxylic acids is 3. The molecule has 1 aromatic carbocycles. The van der Waals surface area contributed by atoms with E-state index in [4.69, 9.17) is 0 Å². The van der Waals surface area contributed by atoms with E-state index in [1.54, 1.807) is 30.3 Å². The third-order valence-electron chi connectivity index (χ3n) is 3.26. The smallest absolute Gasteiger partial charge is 0.273 e. The minimum absolute atomic E-state index is 0.154. The molecule has 0 spiro atoms. The number of thioether (sulfide) groups is 1. The molecular formula is C16H12N4O3S. The summed E-state index contributed by atoms with van der Waals surface area (Å²) >= 11 is 1.38. The Hall–Kier alpha value is -3.00. The average Bonchev–Trinajstić information content (AvgIpc) is 2.60. The number of hydrogen-bond acceptors (Lipinski definition) is 6. The number of hydrogen-bond donors (Lipinski definition) is 1. The molecule has 0 radical (unpaired) electrons. The summed E-state index contributed by atoms with van der Waals surface area (Å²) in [6, 6.07) is 7.61. The van der Waals surface area contributed by atoms with Crippen LogP contribution in [0, 0.1) is 0 Å². The van der Waals surface area contributed by atoms with Crippen LogP contribution in [0.15, 0.2) is 53.5 Å². The molecule has 24 heavy (non-hydrogen) atoms. The van der Waals surface area contributed by atoms with Crippen LogP contribution in [0.3, 0.4) is 0 Å². The van der Waals surface area contributed by atoms with Crippen molar-refractivity contribution in [1.29, 1.82) is 0 Å². The van der Waals surface area contributed by atoms with Gasteiger partial charge in [-0.3, -0.25) is 14.9 Å². The minimum Gasteiger partial charge on any atom is -0.273 e. The first-order chi connectivity index (χ1) is 11.6. The van der Waals surface area contributed by atoms with Gasteiger partial charge in [0, 0.05) is 18.0 Å². The van der Waals surface area contributed by atoms with Crippen LogP contribution in [-0.4, -0.2) is 34.1 Å². The number of para-hydroxylation sites is 1. The molecule has 120 valence electrons. The minimum atomic E-state index is -0.776. The largest absolute Gasteiger partial charge is 0.335 e. The Morgan fingerprint density at radius 1 is 1.08 bits per heavy atom. The number of benzene rings is 1. The number of aromatic nitrogens is 2. The van der Waals surface area contributed by atoms with Crippen molar-refractivity contribution in [2.75, 3.05) is 11.2 Å². The van der Waals surface area contributed by atoms with Crippen molar-refractivity contribution >= 4 is 41.4 Å². The van der Waals surface area contributed by atoms with E-state index < -0.39 is 17.8 Å². The van der Waals surface area contributed by atoms with E-state index in [1.807, 2.05) is 6.26 Å². The molecule has 3 rings (SSSR count). The van der Waals surface area contributed by atoms with Crippen LogP contribution in [0.4, 0.5) is 10.5 Å². The summed E-state index contributed by atoms with van der Waals surface area (Å²) in [7, 11) is 0. The van der Waals surface area contributed by atoms with Crippen molar-refractivity contribution in [3.8, 4) is 0 Å².